The highest BCUT2D eigenvalue weighted by Gasteiger charge is 2.24. The van der Waals surface area contributed by atoms with Gasteiger partial charge in [-0.1, -0.05) is 28.1 Å². The molecule has 0 aromatic carbocycles. The molecule has 1 rings (SSSR count). The normalized spacial score (nSPS) is 28.3. The smallest absolute Gasteiger partial charge is 0.302 e. The Kier molecular flexibility index (Phi) is 5.41. The van der Waals surface area contributed by atoms with Gasteiger partial charge in [-0.05, 0) is 0 Å². The van der Waals surface area contributed by atoms with E-state index in [0.717, 1.165) is 11.5 Å². The average molecular weight is 297 g/mol. The minimum absolute atomic E-state index is 0.210. The Labute approximate surface area is 101 Å². The first-order chi connectivity index (χ1) is 6.59. The van der Waals surface area contributed by atoms with Gasteiger partial charge in [0.05, 0.1) is 9.41 Å². The van der Waals surface area contributed by atoms with E-state index in [2.05, 4.69) is 22.5 Å². The summed E-state index contributed by atoms with van der Waals surface area (Å²) in [7, 11) is 0. The van der Waals surface area contributed by atoms with Gasteiger partial charge in [-0.2, -0.15) is 0 Å². The fourth-order valence-corrected chi connectivity index (χ4v) is 4.24. The lowest BCUT2D eigenvalue weighted by atomic mass is 10.4. The predicted octanol–water partition coefficient (Wildman–Crippen LogP) is 2.68. The van der Waals surface area contributed by atoms with Gasteiger partial charge < -0.3 is 4.74 Å². The maximum Gasteiger partial charge on any atom is 0.302 e. The fourth-order valence-electron chi connectivity index (χ4n) is 0.970. The molecule has 0 aromatic heterocycles. The molecular formula is C9H13BrO2S2. The number of esters is 1. The second-order valence-corrected chi connectivity index (χ2v) is 7.01. The van der Waals surface area contributed by atoms with Crippen molar-refractivity contribution < 1.29 is 9.53 Å². The van der Waals surface area contributed by atoms with Gasteiger partial charge in [-0.25, -0.2) is 0 Å². The average Bonchev–Trinajstić information content (AvgIpc) is 2.27. The lowest BCUT2D eigenvalue weighted by Crippen LogP contribution is -2.21. The van der Waals surface area contributed by atoms with Gasteiger partial charge in [0.1, 0.15) is 6.61 Å². The summed E-state index contributed by atoms with van der Waals surface area (Å²) in [5, 5.41) is 0.322. The van der Waals surface area contributed by atoms with E-state index >= 15 is 0 Å². The fraction of sp³-hybridized carbons (Fsp3) is 0.667. The van der Waals surface area contributed by atoms with E-state index in [1.807, 2.05) is 11.8 Å². The number of ether oxygens (including phenoxy) is 1. The third-order valence-corrected chi connectivity index (χ3v) is 6.28. The molecule has 0 saturated carbocycles. The van der Waals surface area contributed by atoms with Crippen LogP contribution in [0.3, 0.4) is 0 Å². The van der Waals surface area contributed by atoms with E-state index in [-0.39, 0.29) is 5.97 Å². The summed E-state index contributed by atoms with van der Waals surface area (Å²) in [6, 6.07) is 0. The van der Waals surface area contributed by atoms with Crippen LogP contribution in [0.2, 0.25) is 0 Å². The lowest BCUT2D eigenvalue weighted by Gasteiger charge is -2.17. The molecule has 1 aliphatic heterocycles. The van der Waals surface area contributed by atoms with Crippen molar-refractivity contribution in [1.82, 2.24) is 0 Å². The maximum atomic E-state index is 10.7. The Morgan fingerprint density at radius 3 is 2.93 bits per heavy atom. The van der Waals surface area contributed by atoms with Crippen LogP contribution in [0.4, 0.5) is 0 Å². The SMILES string of the molecule is C=C1CSC(Br)C(COC(C)=O)SC1. The Morgan fingerprint density at radius 1 is 1.64 bits per heavy atom. The molecule has 0 aromatic rings. The number of carbonyl (C=O) groups is 1. The Balaban J connectivity index is 2.41. The minimum atomic E-state index is -0.210. The van der Waals surface area contributed by atoms with Gasteiger partial charge >= 0.3 is 5.97 Å². The van der Waals surface area contributed by atoms with E-state index in [1.165, 1.54) is 12.5 Å². The molecule has 1 fully saturated rings. The van der Waals surface area contributed by atoms with Crippen molar-refractivity contribution in [2.75, 3.05) is 18.1 Å². The van der Waals surface area contributed by atoms with Crippen molar-refractivity contribution in [2.24, 2.45) is 0 Å². The molecule has 0 spiro atoms. The van der Waals surface area contributed by atoms with Crippen molar-refractivity contribution in [2.45, 2.75) is 16.3 Å². The number of hydrogen-bond donors (Lipinski definition) is 0. The standard InChI is InChI=1S/C9H13BrO2S2/c1-6-4-13-8(3-12-7(2)11)9(10)14-5-6/h8-9H,1,3-5H2,2H3. The third kappa shape index (κ3) is 4.28. The van der Waals surface area contributed by atoms with Gasteiger partial charge in [0.15, 0.2) is 0 Å². The number of alkyl halides is 1. The summed E-state index contributed by atoms with van der Waals surface area (Å²) in [5.74, 6) is 1.74. The largest absolute Gasteiger partial charge is 0.465 e. The molecule has 0 bridgehead atoms. The van der Waals surface area contributed by atoms with Crippen LogP contribution in [0.25, 0.3) is 0 Å². The zero-order valence-electron chi connectivity index (χ0n) is 7.99. The van der Waals surface area contributed by atoms with Gasteiger partial charge in [-0.3, -0.25) is 4.79 Å². The maximum absolute atomic E-state index is 10.7. The first-order valence-corrected chi connectivity index (χ1v) is 7.28. The van der Waals surface area contributed by atoms with Gasteiger partial charge in [0.25, 0.3) is 0 Å². The van der Waals surface area contributed by atoms with E-state index in [1.54, 1.807) is 11.8 Å². The van der Waals surface area contributed by atoms with Crippen LogP contribution in [0.1, 0.15) is 6.92 Å². The van der Waals surface area contributed by atoms with Crippen LogP contribution in [-0.2, 0) is 9.53 Å². The number of halogens is 1. The topological polar surface area (TPSA) is 26.3 Å². The number of rotatable bonds is 2. The molecule has 2 nitrogen and oxygen atoms in total. The summed E-state index contributed by atoms with van der Waals surface area (Å²) in [4.78, 5) is 10.7. The van der Waals surface area contributed by atoms with Crippen LogP contribution >= 0.6 is 39.5 Å². The quantitative estimate of drug-likeness (QED) is 0.445. The molecule has 0 radical (unpaired) electrons. The summed E-state index contributed by atoms with van der Waals surface area (Å²) in [5.41, 5.74) is 1.25. The van der Waals surface area contributed by atoms with E-state index < -0.39 is 0 Å². The van der Waals surface area contributed by atoms with Gasteiger partial charge in [0, 0.05) is 18.4 Å². The summed E-state index contributed by atoms with van der Waals surface area (Å²) >= 11 is 7.20. The van der Waals surface area contributed by atoms with Crippen molar-refractivity contribution in [3.63, 3.8) is 0 Å². The van der Waals surface area contributed by atoms with Crippen molar-refractivity contribution in [3.05, 3.63) is 12.2 Å². The Hall–Kier alpha value is 0.390. The molecule has 0 N–H and O–H groups in total. The van der Waals surface area contributed by atoms with Crippen LogP contribution in [0.5, 0.6) is 0 Å². The molecule has 5 heteroatoms. The summed E-state index contributed by atoms with van der Waals surface area (Å²) < 4.78 is 5.35. The zero-order chi connectivity index (χ0) is 10.6. The number of thioether (sulfide) groups is 2. The van der Waals surface area contributed by atoms with Crippen molar-refractivity contribution >= 4 is 45.4 Å². The molecule has 14 heavy (non-hydrogen) atoms. The van der Waals surface area contributed by atoms with Crippen LogP contribution in [-0.4, -0.2) is 33.5 Å². The highest BCUT2D eigenvalue weighted by Crippen LogP contribution is 2.35. The number of carbonyl (C=O) groups excluding carboxylic acids is 1. The highest BCUT2D eigenvalue weighted by molar-refractivity contribution is 9.11. The van der Waals surface area contributed by atoms with Gasteiger partial charge in [-0.15, -0.1) is 23.5 Å². The minimum Gasteiger partial charge on any atom is -0.465 e. The molecule has 2 atom stereocenters. The first-order valence-electron chi connectivity index (χ1n) is 4.27. The summed E-state index contributed by atoms with van der Waals surface area (Å²) in [6.07, 6.45) is 0. The molecule has 0 amide bonds. The van der Waals surface area contributed by atoms with E-state index in [0.29, 0.717) is 16.0 Å². The third-order valence-electron chi connectivity index (χ3n) is 1.69. The Bertz CT molecular complexity index is 233. The molecule has 1 heterocycles. The molecule has 1 saturated heterocycles. The lowest BCUT2D eigenvalue weighted by molar-refractivity contribution is -0.140. The molecule has 1 aliphatic rings. The zero-order valence-corrected chi connectivity index (χ0v) is 11.2. The highest BCUT2D eigenvalue weighted by atomic mass is 79.9. The molecule has 2 unspecified atom stereocenters. The molecule has 0 aliphatic carbocycles. The summed E-state index contributed by atoms with van der Waals surface area (Å²) in [6.45, 7) is 5.89. The Morgan fingerprint density at radius 2 is 2.29 bits per heavy atom. The van der Waals surface area contributed by atoms with E-state index in [9.17, 15) is 4.79 Å². The molecule has 80 valence electrons. The van der Waals surface area contributed by atoms with Crippen LogP contribution < -0.4 is 0 Å². The van der Waals surface area contributed by atoms with Gasteiger partial charge in [0.2, 0.25) is 0 Å². The second-order valence-electron chi connectivity index (χ2n) is 3.06. The monoisotopic (exact) mass is 296 g/mol. The predicted molar refractivity (Wildman–Crippen MR) is 67.2 cm³/mol. The number of hydrogen-bond acceptors (Lipinski definition) is 4. The van der Waals surface area contributed by atoms with Crippen molar-refractivity contribution in [3.8, 4) is 0 Å². The second kappa shape index (κ2) is 6.08. The molecular weight excluding hydrogens is 284 g/mol. The first kappa shape index (κ1) is 12.5. The van der Waals surface area contributed by atoms with Crippen molar-refractivity contribution in [1.29, 1.82) is 0 Å². The van der Waals surface area contributed by atoms with Crippen LogP contribution in [0, 0.1) is 0 Å². The van der Waals surface area contributed by atoms with E-state index in [4.69, 9.17) is 4.74 Å². The van der Waals surface area contributed by atoms with Crippen LogP contribution in [0.15, 0.2) is 12.2 Å².